The smallest absolute Gasteiger partial charge is 0.407 e. The summed E-state index contributed by atoms with van der Waals surface area (Å²) in [7, 11) is 0. The Kier molecular flexibility index (Phi) is 7.35. The fourth-order valence-corrected chi connectivity index (χ4v) is 2.84. The van der Waals surface area contributed by atoms with Gasteiger partial charge in [-0.2, -0.15) is 0 Å². The Hall–Kier alpha value is -1.50. The van der Waals surface area contributed by atoms with Crippen molar-refractivity contribution in [1.82, 2.24) is 5.32 Å². The highest BCUT2D eigenvalue weighted by Gasteiger charge is 2.25. The Morgan fingerprint density at radius 3 is 2.36 bits per heavy atom. The Labute approximate surface area is 160 Å². The van der Waals surface area contributed by atoms with Crippen LogP contribution in [-0.4, -0.2) is 29.0 Å². The van der Waals surface area contributed by atoms with Gasteiger partial charge in [-0.1, -0.05) is 65.1 Å². The minimum atomic E-state index is -1.42. The first-order valence-corrected chi connectivity index (χ1v) is 8.47. The highest BCUT2D eigenvalue weighted by Crippen LogP contribution is 2.36. The normalized spacial score (nSPS) is 13.2. The van der Waals surface area contributed by atoms with Gasteiger partial charge in [-0.15, -0.1) is 0 Å². The summed E-state index contributed by atoms with van der Waals surface area (Å²) in [6, 6.07) is 12.1. The van der Waals surface area contributed by atoms with E-state index in [4.69, 9.17) is 39.5 Å². The third kappa shape index (κ3) is 5.49. The molecule has 134 valence electrons. The van der Waals surface area contributed by atoms with Gasteiger partial charge in [0.15, 0.2) is 0 Å². The monoisotopic (exact) mass is 403 g/mol. The van der Waals surface area contributed by atoms with Crippen LogP contribution in [0.2, 0.25) is 15.1 Å². The maximum absolute atomic E-state index is 11.7. The molecule has 0 aliphatic heterocycles. The molecule has 25 heavy (non-hydrogen) atoms. The van der Waals surface area contributed by atoms with Gasteiger partial charge in [0, 0.05) is 17.1 Å². The van der Waals surface area contributed by atoms with Gasteiger partial charge in [0.2, 0.25) is 0 Å². The number of aliphatic hydroxyl groups excluding tert-OH is 2. The van der Waals surface area contributed by atoms with Crippen LogP contribution in [0, 0.1) is 0 Å². The molecule has 2 aromatic carbocycles. The Balaban J connectivity index is 1.88. The van der Waals surface area contributed by atoms with Crippen LogP contribution in [0.15, 0.2) is 42.5 Å². The number of benzene rings is 2. The number of rotatable bonds is 6. The molecule has 0 bridgehead atoms. The molecule has 0 aromatic heterocycles. The number of carbonyl (C=O) groups excluding carboxylic acids is 1. The number of nitrogens with one attached hydrogen (secondary N) is 1. The van der Waals surface area contributed by atoms with Gasteiger partial charge in [-0.3, -0.25) is 0 Å². The van der Waals surface area contributed by atoms with Gasteiger partial charge in [0.25, 0.3) is 0 Å². The highest BCUT2D eigenvalue weighted by molar-refractivity contribution is 6.44. The maximum atomic E-state index is 11.7. The van der Waals surface area contributed by atoms with Crippen LogP contribution in [0.3, 0.4) is 0 Å². The van der Waals surface area contributed by atoms with E-state index in [0.717, 1.165) is 5.56 Å². The average molecular weight is 405 g/mol. The van der Waals surface area contributed by atoms with Crippen molar-refractivity contribution in [3.63, 3.8) is 0 Å². The van der Waals surface area contributed by atoms with Crippen LogP contribution >= 0.6 is 34.8 Å². The number of halogens is 3. The summed E-state index contributed by atoms with van der Waals surface area (Å²) >= 11 is 17.9. The largest absolute Gasteiger partial charge is 0.445 e. The molecule has 8 heteroatoms. The van der Waals surface area contributed by atoms with Crippen molar-refractivity contribution in [2.45, 2.75) is 18.8 Å². The zero-order valence-corrected chi connectivity index (χ0v) is 15.2. The summed E-state index contributed by atoms with van der Waals surface area (Å²) < 4.78 is 5.01. The van der Waals surface area contributed by atoms with Gasteiger partial charge in [0.1, 0.15) is 18.8 Å². The van der Waals surface area contributed by atoms with E-state index in [9.17, 15) is 15.0 Å². The summed E-state index contributed by atoms with van der Waals surface area (Å²) in [5.41, 5.74) is 0.929. The van der Waals surface area contributed by atoms with Gasteiger partial charge in [-0.05, 0) is 17.7 Å². The lowest BCUT2D eigenvalue weighted by Crippen LogP contribution is -2.36. The zero-order valence-electron chi connectivity index (χ0n) is 13.0. The molecule has 2 aromatic rings. The fourth-order valence-electron chi connectivity index (χ4n) is 2.08. The molecular weight excluding hydrogens is 389 g/mol. The number of hydrogen-bond acceptors (Lipinski definition) is 4. The molecule has 0 saturated carbocycles. The maximum Gasteiger partial charge on any atom is 0.407 e. The SMILES string of the molecule is O=C(NCC(O)C(O)c1c(Cl)ccc(Cl)c1Cl)OCc1ccccc1. The van der Waals surface area contributed by atoms with E-state index in [1.807, 2.05) is 30.3 Å². The first kappa shape index (κ1) is 19.8. The lowest BCUT2D eigenvalue weighted by atomic mass is 10.0. The van der Waals surface area contributed by atoms with Crippen molar-refractivity contribution in [1.29, 1.82) is 0 Å². The first-order chi connectivity index (χ1) is 11.9. The lowest BCUT2D eigenvalue weighted by Gasteiger charge is -2.21. The number of amides is 1. The van der Waals surface area contributed by atoms with Crippen LogP contribution in [0.1, 0.15) is 17.2 Å². The first-order valence-electron chi connectivity index (χ1n) is 7.34. The van der Waals surface area contributed by atoms with E-state index < -0.39 is 18.3 Å². The van der Waals surface area contributed by atoms with E-state index in [1.165, 1.54) is 12.1 Å². The van der Waals surface area contributed by atoms with E-state index >= 15 is 0 Å². The van der Waals surface area contributed by atoms with Crippen molar-refractivity contribution in [3.05, 3.63) is 68.7 Å². The minimum absolute atomic E-state index is 0.0485. The predicted molar refractivity (Wildman–Crippen MR) is 97.1 cm³/mol. The van der Waals surface area contributed by atoms with Crippen LogP contribution < -0.4 is 5.32 Å². The van der Waals surface area contributed by atoms with Crippen molar-refractivity contribution in [2.24, 2.45) is 0 Å². The molecule has 2 atom stereocenters. The number of aliphatic hydroxyl groups is 2. The Bertz CT molecular complexity index is 727. The van der Waals surface area contributed by atoms with Gasteiger partial charge in [0.05, 0.1) is 10.0 Å². The number of carbonyl (C=O) groups is 1. The Morgan fingerprint density at radius 1 is 1.04 bits per heavy atom. The fraction of sp³-hybridized carbons (Fsp3) is 0.235. The van der Waals surface area contributed by atoms with Crippen LogP contribution in [-0.2, 0) is 11.3 Å². The molecule has 0 heterocycles. The summed E-state index contributed by atoms with van der Waals surface area (Å²) in [4.78, 5) is 11.7. The number of alkyl carbamates (subject to hydrolysis) is 1. The number of ether oxygens (including phenoxy) is 1. The molecule has 0 radical (unpaired) electrons. The minimum Gasteiger partial charge on any atom is -0.445 e. The van der Waals surface area contributed by atoms with Crippen LogP contribution in [0.5, 0.6) is 0 Å². The third-order valence-electron chi connectivity index (χ3n) is 3.41. The van der Waals surface area contributed by atoms with E-state index in [2.05, 4.69) is 5.32 Å². The predicted octanol–water partition coefficient (Wildman–Crippen LogP) is 3.97. The lowest BCUT2D eigenvalue weighted by molar-refractivity contribution is 0.0185. The quantitative estimate of drug-likeness (QED) is 0.637. The molecular formula is C17H16Cl3NO4. The molecule has 1 amide bonds. The second-order valence-corrected chi connectivity index (χ2v) is 6.40. The highest BCUT2D eigenvalue weighted by atomic mass is 35.5. The molecule has 2 rings (SSSR count). The molecule has 0 saturated heterocycles. The van der Waals surface area contributed by atoms with Crippen LogP contribution in [0.4, 0.5) is 4.79 Å². The molecule has 3 N–H and O–H groups in total. The third-order valence-corrected chi connectivity index (χ3v) is 4.56. The second-order valence-electron chi connectivity index (χ2n) is 5.21. The molecule has 5 nitrogen and oxygen atoms in total. The van der Waals surface area contributed by atoms with Crippen molar-refractivity contribution >= 4 is 40.9 Å². The van der Waals surface area contributed by atoms with Gasteiger partial charge >= 0.3 is 6.09 Å². The van der Waals surface area contributed by atoms with E-state index in [-0.39, 0.29) is 33.8 Å². The summed E-state index contributed by atoms with van der Waals surface area (Å²) in [5, 5.41) is 23.1. The van der Waals surface area contributed by atoms with Gasteiger partial charge in [-0.25, -0.2) is 4.79 Å². The molecule has 0 spiro atoms. The molecule has 2 unspecified atom stereocenters. The Morgan fingerprint density at radius 2 is 1.68 bits per heavy atom. The summed E-state index contributed by atoms with van der Waals surface area (Å²) in [6.45, 7) is -0.161. The standard InChI is InChI=1S/C17H16Cl3NO4/c18-11-6-7-12(19)15(20)14(11)16(23)13(22)8-21-17(24)25-9-10-4-2-1-3-5-10/h1-7,13,16,22-23H,8-9H2,(H,21,24). The summed E-state index contributed by atoms with van der Waals surface area (Å²) in [5.74, 6) is 0. The topological polar surface area (TPSA) is 78.8 Å². The van der Waals surface area contributed by atoms with E-state index in [1.54, 1.807) is 0 Å². The van der Waals surface area contributed by atoms with Gasteiger partial charge < -0.3 is 20.3 Å². The molecule has 0 fully saturated rings. The van der Waals surface area contributed by atoms with E-state index in [0.29, 0.717) is 0 Å². The molecule has 0 aliphatic carbocycles. The summed E-state index contributed by atoms with van der Waals surface area (Å²) in [6.07, 6.45) is -3.50. The zero-order chi connectivity index (χ0) is 18.4. The van der Waals surface area contributed by atoms with Crippen LogP contribution in [0.25, 0.3) is 0 Å². The van der Waals surface area contributed by atoms with Crippen molar-refractivity contribution in [3.8, 4) is 0 Å². The molecule has 0 aliphatic rings. The van der Waals surface area contributed by atoms with Crippen molar-refractivity contribution < 1.29 is 19.7 Å². The second kappa shape index (κ2) is 9.27. The average Bonchev–Trinajstić information content (AvgIpc) is 2.62. The number of hydrogen-bond donors (Lipinski definition) is 3. The van der Waals surface area contributed by atoms with Crippen molar-refractivity contribution in [2.75, 3.05) is 6.54 Å².